The minimum absolute atomic E-state index is 0.0818. The molecule has 0 amide bonds. The average molecular weight is 410 g/mol. The van der Waals surface area contributed by atoms with Crippen LogP contribution in [0.1, 0.15) is 19.4 Å². The molecule has 1 N–H and O–H groups in total. The van der Waals surface area contributed by atoms with Crippen LogP contribution in [0.5, 0.6) is 11.5 Å². The Morgan fingerprint density at radius 2 is 1.83 bits per heavy atom. The largest absolute Gasteiger partial charge is 0.486 e. The SMILES string of the molecule is CN=C(NCC(C)(C)c1ccc2c(c1)OCCO2)N1CCN(c2ccccn2)CC1. The number of piperazine rings is 1. The molecule has 3 heterocycles. The van der Waals surface area contributed by atoms with Crippen molar-refractivity contribution in [2.45, 2.75) is 19.3 Å². The summed E-state index contributed by atoms with van der Waals surface area (Å²) in [6.45, 7) is 10.2. The number of hydrogen-bond acceptors (Lipinski definition) is 5. The van der Waals surface area contributed by atoms with Crippen molar-refractivity contribution in [3.63, 3.8) is 0 Å². The predicted octanol–water partition coefficient (Wildman–Crippen LogP) is 2.53. The number of pyridine rings is 1. The van der Waals surface area contributed by atoms with Crippen LogP contribution in [0, 0.1) is 0 Å². The molecular formula is C23H31N5O2. The van der Waals surface area contributed by atoms with Crippen LogP contribution >= 0.6 is 0 Å². The molecule has 30 heavy (non-hydrogen) atoms. The van der Waals surface area contributed by atoms with Crippen LogP contribution in [0.4, 0.5) is 5.82 Å². The van der Waals surface area contributed by atoms with Crippen molar-refractivity contribution >= 4 is 11.8 Å². The molecule has 160 valence electrons. The molecule has 1 fully saturated rings. The first-order valence-electron chi connectivity index (χ1n) is 10.6. The number of anilines is 1. The number of guanidine groups is 1. The molecule has 2 aliphatic rings. The molecule has 2 aliphatic heterocycles. The van der Waals surface area contributed by atoms with E-state index in [0.717, 1.165) is 56.0 Å². The summed E-state index contributed by atoms with van der Waals surface area (Å²) in [5.74, 6) is 3.65. The van der Waals surface area contributed by atoms with Crippen LogP contribution in [0.2, 0.25) is 0 Å². The highest BCUT2D eigenvalue weighted by molar-refractivity contribution is 5.80. The van der Waals surface area contributed by atoms with E-state index >= 15 is 0 Å². The first kappa shape index (κ1) is 20.3. The number of aliphatic imine (C=N–C) groups is 1. The van der Waals surface area contributed by atoms with Gasteiger partial charge in [0.05, 0.1) is 0 Å². The van der Waals surface area contributed by atoms with Gasteiger partial charge in [-0.1, -0.05) is 26.0 Å². The smallest absolute Gasteiger partial charge is 0.193 e. The van der Waals surface area contributed by atoms with Crippen LogP contribution in [0.3, 0.4) is 0 Å². The van der Waals surface area contributed by atoms with Crippen molar-refractivity contribution in [3.05, 3.63) is 48.2 Å². The molecule has 0 unspecified atom stereocenters. The highest BCUT2D eigenvalue weighted by atomic mass is 16.6. The normalized spacial score (nSPS) is 17.1. The van der Waals surface area contributed by atoms with E-state index in [4.69, 9.17) is 9.47 Å². The molecular weight excluding hydrogens is 378 g/mol. The Morgan fingerprint density at radius 1 is 1.07 bits per heavy atom. The number of aromatic nitrogens is 1. The fourth-order valence-electron chi connectivity index (χ4n) is 3.89. The van der Waals surface area contributed by atoms with Crippen LogP contribution in [-0.4, -0.2) is 68.8 Å². The van der Waals surface area contributed by atoms with Gasteiger partial charge in [-0.3, -0.25) is 4.99 Å². The van der Waals surface area contributed by atoms with Gasteiger partial charge >= 0.3 is 0 Å². The molecule has 1 aromatic heterocycles. The maximum Gasteiger partial charge on any atom is 0.193 e. The zero-order valence-corrected chi connectivity index (χ0v) is 18.1. The van der Waals surface area contributed by atoms with E-state index in [2.05, 4.69) is 57.1 Å². The van der Waals surface area contributed by atoms with Gasteiger partial charge in [-0.25, -0.2) is 4.98 Å². The molecule has 2 aromatic rings. The van der Waals surface area contributed by atoms with E-state index in [1.165, 1.54) is 5.56 Å². The van der Waals surface area contributed by atoms with E-state index in [1.807, 2.05) is 31.4 Å². The Kier molecular flexibility index (Phi) is 5.97. The number of nitrogens with one attached hydrogen (secondary N) is 1. The topological polar surface area (TPSA) is 62.2 Å². The van der Waals surface area contributed by atoms with Gasteiger partial charge in [0.1, 0.15) is 19.0 Å². The third-order valence-corrected chi connectivity index (χ3v) is 5.78. The Balaban J connectivity index is 1.35. The Bertz CT molecular complexity index is 876. The number of fused-ring (bicyclic) bond motifs is 1. The van der Waals surface area contributed by atoms with E-state index in [-0.39, 0.29) is 5.41 Å². The second-order valence-electron chi connectivity index (χ2n) is 8.31. The molecule has 1 saturated heterocycles. The molecule has 7 nitrogen and oxygen atoms in total. The Hall–Kier alpha value is -2.96. The minimum atomic E-state index is -0.0818. The first-order valence-corrected chi connectivity index (χ1v) is 10.6. The van der Waals surface area contributed by atoms with E-state index in [0.29, 0.717) is 13.2 Å². The fraction of sp³-hybridized carbons (Fsp3) is 0.478. The highest BCUT2D eigenvalue weighted by Crippen LogP contribution is 2.35. The lowest BCUT2D eigenvalue weighted by Gasteiger charge is -2.38. The van der Waals surface area contributed by atoms with Gasteiger partial charge in [-0.15, -0.1) is 0 Å². The fourth-order valence-corrected chi connectivity index (χ4v) is 3.89. The van der Waals surface area contributed by atoms with Gasteiger partial charge in [0.15, 0.2) is 17.5 Å². The van der Waals surface area contributed by atoms with Gasteiger partial charge in [0.2, 0.25) is 0 Å². The lowest BCUT2D eigenvalue weighted by atomic mass is 9.84. The van der Waals surface area contributed by atoms with Crippen LogP contribution in [0.25, 0.3) is 0 Å². The molecule has 0 radical (unpaired) electrons. The molecule has 0 aliphatic carbocycles. The third kappa shape index (κ3) is 4.45. The number of rotatable bonds is 4. The molecule has 0 saturated carbocycles. The van der Waals surface area contributed by atoms with Crippen molar-refractivity contribution in [1.29, 1.82) is 0 Å². The van der Waals surface area contributed by atoms with Crippen molar-refractivity contribution in [1.82, 2.24) is 15.2 Å². The maximum atomic E-state index is 5.76. The van der Waals surface area contributed by atoms with Gasteiger partial charge in [-0.05, 0) is 29.8 Å². The van der Waals surface area contributed by atoms with E-state index < -0.39 is 0 Å². The van der Waals surface area contributed by atoms with Crippen LogP contribution in [0.15, 0.2) is 47.6 Å². The van der Waals surface area contributed by atoms with Crippen LogP contribution in [-0.2, 0) is 5.41 Å². The monoisotopic (exact) mass is 409 g/mol. The standard InChI is InChI=1S/C23H31N5O2/c1-23(2,18-7-8-19-20(16-18)30-15-14-29-19)17-26-22(24-3)28-12-10-27(11-13-28)21-6-4-5-9-25-21/h4-9,16H,10-15,17H2,1-3H3,(H,24,26). The second-order valence-corrected chi connectivity index (χ2v) is 8.31. The summed E-state index contributed by atoms with van der Waals surface area (Å²) in [5, 5.41) is 3.58. The van der Waals surface area contributed by atoms with Crippen molar-refractivity contribution in [2.75, 3.05) is 57.9 Å². The summed E-state index contributed by atoms with van der Waals surface area (Å²) in [4.78, 5) is 13.6. The summed E-state index contributed by atoms with van der Waals surface area (Å²) in [6.07, 6.45) is 1.85. The highest BCUT2D eigenvalue weighted by Gasteiger charge is 2.26. The van der Waals surface area contributed by atoms with Gasteiger partial charge in [-0.2, -0.15) is 0 Å². The average Bonchev–Trinajstić information content (AvgIpc) is 2.80. The third-order valence-electron chi connectivity index (χ3n) is 5.78. The Labute approximate surface area is 178 Å². The number of hydrogen-bond donors (Lipinski definition) is 1. The molecule has 0 bridgehead atoms. The molecule has 1 aromatic carbocycles. The summed E-state index contributed by atoms with van der Waals surface area (Å²) in [7, 11) is 1.85. The summed E-state index contributed by atoms with van der Waals surface area (Å²) in [5.41, 5.74) is 1.14. The van der Waals surface area contributed by atoms with Crippen molar-refractivity contribution < 1.29 is 9.47 Å². The number of ether oxygens (including phenoxy) is 2. The summed E-state index contributed by atoms with van der Waals surface area (Å²) >= 11 is 0. The maximum absolute atomic E-state index is 5.76. The molecule has 0 spiro atoms. The van der Waals surface area contributed by atoms with E-state index in [9.17, 15) is 0 Å². The molecule has 4 rings (SSSR count). The quantitative estimate of drug-likeness (QED) is 0.619. The van der Waals surface area contributed by atoms with Gasteiger partial charge in [0, 0.05) is 51.4 Å². The Morgan fingerprint density at radius 3 is 2.53 bits per heavy atom. The number of nitrogens with zero attached hydrogens (tertiary/aromatic N) is 4. The van der Waals surface area contributed by atoms with Crippen molar-refractivity contribution in [3.8, 4) is 11.5 Å². The predicted molar refractivity (Wildman–Crippen MR) is 120 cm³/mol. The summed E-state index contributed by atoms with van der Waals surface area (Å²) < 4.78 is 11.4. The first-order chi connectivity index (χ1) is 14.6. The second kappa shape index (κ2) is 8.81. The lowest BCUT2D eigenvalue weighted by Crippen LogP contribution is -2.54. The lowest BCUT2D eigenvalue weighted by molar-refractivity contribution is 0.171. The van der Waals surface area contributed by atoms with Gasteiger partial charge < -0.3 is 24.6 Å². The van der Waals surface area contributed by atoms with E-state index in [1.54, 1.807) is 0 Å². The minimum Gasteiger partial charge on any atom is -0.486 e. The van der Waals surface area contributed by atoms with Gasteiger partial charge in [0.25, 0.3) is 0 Å². The molecule has 0 atom stereocenters. The number of benzene rings is 1. The van der Waals surface area contributed by atoms with Crippen LogP contribution < -0.4 is 19.7 Å². The molecule has 7 heteroatoms. The zero-order valence-electron chi connectivity index (χ0n) is 18.1. The summed E-state index contributed by atoms with van der Waals surface area (Å²) in [6, 6.07) is 12.3. The zero-order chi connectivity index (χ0) is 21.0. The van der Waals surface area contributed by atoms with Crippen molar-refractivity contribution in [2.24, 2.45) is 4.99 Å².